The molecule has 0 atom stereocenters. The van der Waals surface area contributed by atoms with E-state index in [2.05, 4.69) is 9.98 Å². The number of aromatic nitrogens is 2. The van der Waals surface area contributed by atoms with Gasteiger partial charge in [-0.15, -0.1) is 0 Å². The molecule has 0 spiro atoms. The zero-order valence-electron chi connectivity index (χ0n) is 31.4. The number of amides is 5. The Morgan fingerprint density at radius 2 is 1.02 bits per heavy atom. The van der Waals surface area contributed by atoms with Gasteiger partial charge >= 0.3 is 42.1 Å². The summed E-state index contributed by atoms with van der Waals surface area (Å²) in [4.78, 5) is 101. The first-order valence-corrected chi connectivity index (χ1v) is 15.4. The Kier molecular flexibility index (Phi) is 13.1. The maximum Gasteiger partial charge on any atom is 0.436 e. The zero-order valence-corrected chi connectivity index (χ0v) is 31.4. The van der Waals surface area contributed by atoms with E-state index >= 15 is 0 Å². The summed E-state index contributed by atoms with van der Waals surface area (Å²) in [6.45, 7) is 21.1. The number of hydrogen-bond donors (Lipinski definition) is 1. The Morgan fingerprint density at radius 3 is 1.36 bits per heavy atom. The van der Waals surface area contributed by atoms with E-state index in [-0.39, 0.29) is 9.80 Å². The molecule has 0 saturated heterocycles. The van der Waals surface area contributed by atoms with Gasteiger partial charge in [-0.05, 0) is 104 Å². The molecule has 1 rings (SSSR count). The number of carbonyl (C=O) groups excluding carboxylic acids is 5. The number of ether oxygens (including phenoxy) is 5. The van der Waals surface area contributed by atoms with Crippen LogP contribution in [0.2, 0.25) is 0 Å². The summed E-state index contributed by atoms with van der Waals surface area (Å²) in [6.07, 6.45) is -6.55. The Hall–Kier alpha value is -5.03. The number of hydrogen-bond acceptors (Lipinski definition) is 13. The van der Waals surface area contributed by atoms with Crippen LogP contribution < -0.4 is 10.6 Å². The molecular weight excluding hydrogens is 662 g/mol. The third kappa shape index (κ3) is 14.6. The van der Waals surface area contributed by atoms with Crippen molar-refractivity contribution in [2.45, 2.75) is 138 Å². The van der Waals surface area contributed by atoms with E-state index in [9.17, 15) is 38.7 Å². The number of carboxylic acid groups (broad SMARTS) is 1. The second-order valence-corrected chi connectivity index (χ2v) is 15.8. The first kappa shape index (κ1) is 43.0. The summed E-state index contributed by atoms with van der Waals surface area (Å²) < 4.78 is 27.5. The average molecular weight is 712 g/mol. The molecule has 1 N–H and O–H groups in total. The lowest BCUT2D eigenvalue weighted by Gasteiger charge is -2.31. The molecule has 0 aromatic carbocycles. The number of amidine groups is 1. The summed E-state index contributed by atoms with van der Waals surface area (Å²) in [5.41, 5.74) is -8.31. The summed E-state index contributed by atoms with van der Waals surface area (Å²) in [5.74, 6) is -3.55. The number of rotatable bonds is 4. The number of nitrogens with zero attached hydrogens (tertiary/aromatic N) is 5. The van der Waals surface area contributed by atoms with Gasteiger partial charge in [0.05, 0.1) is 5.56 Å². The molecule has 0 radical (unpaired) electrons. The molecular formula is C32H49N5O13. The highest BCUT2D eigenvalue weighted by Gasteiger charge is 2.42. The van der Waals surface area contributed by atoms with Crippen molar-refractivity contribution < 1.29 is 57.6 Å². The van der Waals surface area contributed by atoms with Gasteiger partial charge in [-0.3, -0.25) is 9.36 Å². The van der Waals surface area contributed by atoms with Gasteiger partial charge in [-0.25, -0.2) is 28.8 Å². The molecule has 18 nitrogen and oxygen atoms in total. The third-order valence-corrected chi connectivity index (χ3v) is 4.84. The molecule has 0 fully saturated rings. The smallest absolute Gasteiger partial charge is 0.436 e. The van der Waals surface area contributed by atoms with E-state index < -0.39 is 93.9 Å². The number of carbonyl (C=O) groups is 6. The number of aliphatic imine (C=N–C) groups is 1. The lowest BCUT2D eigenvalue weighted by molar-refractivity contribution is -0.137. The van der Waals surface area contributed by atoms with Gasteiger partial charge < -0.3 is 28.8 Å². The van der Waals surface area contributed by atoms with Gasteiger partial charge in [-0.2, -0.15) is 19.8 Å². The molecule has 5 amide bonds. The van der Waals surface area contributed by atoms with Crippen LogP contribution in [0.3, 0.4) is 0 Å². The molecule has 0 aliphatic rings. The Bertz CT molecular complexity index is 1520. The third-order valence-electron chi connectivity index (χ3n) is 4.84. The van der Waals surface area contributed by atoms with Gasteiger partial charge in [0.15, 0.2) is 11.7 Å². The van der Waals surface area contributed by atoms with Crippen molar-refractivity contribution in [1.82, 2.24) is 14.5 Å². The number of carboxylic acids is 1. The molecule has 0 aliphatic carbocycles. The monoisotopic (exact) mass is 711 g/mol. The second-order valence-electron chi connectivity index (χ2n) is 15.8. The molecule has 0 saturated carbocycles. The highest BCUT2D eigenvalue weighted by Crippen LogP contribution is 2.27. The molecule has 1 aromatic rings. The number of imide groups is 2. The summed E-state index contributed by atoms with van der Waals surface area (Å²) in [6, 6.07) is 0. The predicted octanol–water partition coefficient (Wildman–Crippen LogP) is 5.86. The van der Waals surface area contributed by atoms with Crippen molar-refractivity contribution >= 4 is 48.1 Å². The molecule has 1 aromatic heterocycles. The molecule has 18 heteroatoms. The van der Waals surface area contributed by atoms with Gasteiger partial charge in [0, 0.05) is 6.20 Å². The van der Waals surface area contributed by atoms with Gasteiger partial charge in [0.2, 0.25) is 0 Å². The van der Waals surface area contributed by atoms with Crippen LogP contribution in [-0.2, 0) is 35.0 Å². The van der Waals surface area contributed by atoms with Crippen LogP contribution in [0.15, 0.2) is 16.0 Å². The fraction of sp³-hybridized carbons (Fsp3) is 0.656. The molecule has 280 valence electrons. The van der Waals surface area contributed by atoms with E-state index in [1.807, 2.05) is 0 Å². The second kappa shape index (κ2) is 15.2. The van der Waals surface area contributed by atoms with Gasteiger partial charge in [-0.1, -0.05) is 0 Å². The quantitative estimate of drug-likeness (QED) is 0.220. The molecule has 0 aliphatic heterocycles. The van der Waals surface area contributed by atoms with Crippen LogP contribution in [-0.4, -0.2) is 89.8 Å². The fourth-order valence-corrected chi connectivity index (χ4v) is 3.40. The molecule has 0 bridgehead atoms. The van der Waals surface area contributed by atoms with E-state index in [0.717, 1.165) is 0 Å². The maximum absolute atomic E-state index is 13.8. The maximum atomic E-state index is 13.8. The van der Waals surface area contributed by atoms with Crippen molar-refractivity contribution in [2.75, 3.05) is 4.90 Å². The lowest BCUT2D eigenvalue weighted by atomic mass is 10.2. The van der Waals surface area contributed by atoms with Crippen LogP contribution >= 0.6 is 0 Å². The highest BCUT2D eigenvalue weighted by molar-refractivity contribution is 6.22. The topological polar surface area (TPSA) is 223 Å². The van der Waals surface area contributed by atoms with Crippen molar-refractivity contribution in [2.24, 2.45) is 4.99 Å². The first-order chi connectivity index (χ1) is 22.2. The van der Waals surface area contributed by atoms with Crippen LogP contribution in [0.25, 0.3) is 0 Å². The standard InChI is InChI=1S/C32H49N5O13/c1-28(2,3)46-23(41)34-21(37(26(44)49-31(10,11)12)27(45)50-32(13,14)15)18-16-35(17-19(38)39)22(40)33-20(18)36(24(42)47-29(4,5)6)25(43)48-30(7,8)9/h16H,17H2,1-15H3,(H,38,39). The lowest BCUT2D eigenvalue weighted by Crippen LogP contribution is -2.50. The van der Waals surface area contributed by atoms with E-state index in [1.54, 1.807) is 0 Å². The summed E-state index contributed by atoms with van der Waals surface area (Å²) >= 11 is 0. The van der Waals surface area contributed by atoms with Crippen molar-refractivity contribution in [3.05, 3.63) is 22.2 Å². The van der Waals surface area contributed by atoms with Gasteiger partial charge in [0.1, 0.15) is 34.6 Å². The van der Waals surface area contributed by atoms with Gasteiger partial charge in [0.25, 0.3) is 0 Å². The molecule has 1 heterocycles. The van der Waals surface area contributed by atoms with Crippen molar-refractivity contribution in [1.29, 1.82) is 0 Å². The summed E-state index contributed by atoms with van der Waals surface area (Å²) in [7, 11) is 0. The van der Waals surface area contributed by atoms with E-state index in [4.69, 9.17) is 23.7 Å². The Morgan fingerprint density at radius 1 is 0.660 bits per heavy atom. The average Bonchev–Trinajstić information content (AvgIpc) is 2.79. The Balaban J connectivity index is 4.61. The Labute approximate surface area is 290 Å². The fourth-order valence-electron chi connectivity index (χ4n) is 3.40. The van der Waals surface area contributed by atoms with E-state index in [1.165, 1.54) is 104 Å². The van der Waals surface area contributed by atoms with Crippen LogP contribution in [0.4, 0.5) is 29.8 Å². The molecule has 50 heavy (non-hydrogen) atoms. The number of anilines is 1. The van der Waals surface area contributed by atoms with Crippen LogP contribution in [0.1, 0.15) is 109 Å². The minimum Gasteiger partial charge on any atom is -0.480 e. The minimum atomic E-state index is -1.54. The highest BCUT2D eigenvalue weighted by atomic mass is 16.6. The number of aliphatic carboxylic acids is 1. The van der Waals surface area contributed by atoms with Crippen LogP contribution in [0, 0.1) is 0 Å². The predicted molar refractivity (Wildman–Crippen MR) is 178 cm³/mol. The normalized spacial score (nSPS) is 12.7. The minimum absolute atomic E-state index is 0.152. The molecule has 0 unspecified atom stereocenters. The summed E-state index contributed by atoms with van der Waals surface area (Å²) in [5, 5.41) is 9.54. The van der Waals surface area contributed by atoms with Crippen LogP contribution in [0.5, 0.6) is 0 Å². The van der Waals surface area contributed by atoms with Crippen molar-refractivity contribution in [3.8, 4) is 0 Å². The first-order valence-electron chi connectivity index (χ1n) is 15.4. The van der Waals surface area contributed by atoms with Crippen molar-refractivity contribution in [3.63, 3.8) is 0 Å². The largest absolute Gasteiger partial charge is 0.480 e. The zero-order chi connectivity index (χ0) is 39.4. The SMILES string of the molecule is CC(C)(C)OC(=O)N=C(c1cn(CC(=O)O)c(=O)nc1N(C(=O)OC(C)(C)C)C(=O)OC(C)(C)C)N(C(=O)OC(C)(C)C)C(=O)OC(C)(C)C. The van der Waals surface area contributed by atoms with E-state index in [0.29, 0.717) is 10.8 Å².